The van der Waals surface area contributed by atoms with E-state index in [0.717, 1.165) is 26.2 Å². The van der Waals surface area contributed by atoms with Crippen LogP contribution in [0.5, 0.6) is 0 Å². The lowest BCUT2D eigenvalue weighted by Crippen LogP contribution is -2.45. The quantitative estimate of drug-likeness (QED) is 0.670. The van der Waals surface area contributed by atoms with Gasteiger partial charge in [0.05, 0.1) is 5.56 Å². The highest BCUT2D eigenvalue weighted by molar-refractivity contribution is 5.94. The SMILES string of the molecule is CN1CCN(c2ncnc(NNC(=O)c3cccnc3)c2N)CC1. The average Bonchev–Trinajstić information content (AvgIpc) is 2.62. The number of rotatable bonds is 4. The van der Waals surface area contributed by atoms with Crippen molar-refractivity contribution in [2.24, 2.45) is 0 Å². The molecule has 3 rings (SSSR count). The molecule has 1 amide bonds. The fourth-order valence-electron chi connectivity index (χ4n) is 2.44. The number of aromatic nitrogens is 3. The molecule has 2 aromatic heterocycles. The average molecular weight is 328 g/mol. The highest BCUT2D eigenvalue weighted by atomic mass is 16.2. The lowest BCUT2D eigenvalue weighted by molar-refractivity contribution is 0.0962. The molecule has 1 aliphatic heterocycles. The standard InChI is InChI=1S/C15H20N8O/c1-22-5-7-23(8-6-22)14-12(16)13(18-10-19-14)20-21-15(24)11-3-2-4-17-9-11/h2-4,9-10H,5-8,16H2,1H3,(H,21,24)(H,18,19,20). The van der Waals surface area contributed by atoms with Crippen LogP contribution in [-0.2, 0) is 0 Å². The van der Waals surface area contributed by atoms with Crippen LogP contribution in [0.3, 0.4) is 0 Å². The van der Waals surface area contributed by atoms with Gasteiger partial charge in [-0.2, -0.15) is 0 Å². The Hall–Kier alpha value is -2.94. The van der Waals surface area contributed by atoms with Gasteiger partial charge in [0.2, 0.25) is 0 Å². The predicted octanol–water partition coefficient (Wildman–Crippen LogP) is -0.0375. The lowest BCUT2D eigenvalue weighted by Gasteiger charge is -2.33. The molecule has 0 aliphatic carbocycles. The molecule has 1 aliphatic rings. The summed E-state index contributed by atoms with van der Waals surface area (Å²) in [7, 11) is 2.08. The van der Waals surface area contributed by atoms with Crippen LogP contribution < -0.4 is 21.5 Å². The number of likely N-dealkylation sites (N-methyl/N-ethyl adjacent to an activating group) is 1. The Labute approximate surface area is 139 Å². The van der Waals surface area contributed by atoms with Gasteiger partial charge < -0.3 is 15.5 Å². The molecule has 0 unspecified atom stereocenters. The number of nitrogen functional groups attached to an aromatic ring is 1. The Morgan fingerprint density at radius 3 is 2.75 bits per heavy atom. The Morgan fingerprint density at radius 2 is 2.04 bits per heavy atom. The van der Waals surface area contributed by atoms with Gasteiger partial charge in [-0.15, -0.1) is 0 Å². The molecule has 2 aromatic rings. The molecule has 0 spiro atoms. The Bertz CT molecular complexity index is 700. The maximum Gasteiger partial charge on any atom is 0.271 e. The second-order valence-corrected chi connectivity index (χ2v) is 5.57. The normalized spacial score (nSPS) is 15.1. The number of carbonyl (C=O) groups is 1. The summed E-state index contributed by atoms with van der Waals surface area (Å²) in [6, 6.07) is 3.36. The Morgan fingerprint density at radius 1 is 1.25 bits per heavy atom. The fraction of sp³-hybridized carbons (Fsp3) is 0.333. The summed E-state index contributed by atoms with van der Waals surface area (Å²) in [6.45, 7) is 3.59. The molecule has 24 heavy (non-hydrogen) atoms. The largest absolute Gasteiger partial charge is 0.393 e. The Kier molecular flexibility index (Phi) is 4.71. The van der Waals surface area contributed by atoms with Gasteiger partial charge in [0, 0.05) is 38.6 Å². The molecule has 0 atom stereocenters. The summed E-state index contributed by atoms with van der Waals surface area (Å²) >= 11 is 0. The lowest BCUT2D eigenvalue weighted by atomic mass is 10.3. The minimum absolute atomic E-state index is 0.317. The van der Waals surface area contributed by atoms with Crippen molar-refractivity contribution < 1.29 is 4.79 Å². The minimum atomic E-state index is -0.317. The first kappa shape index (κ1) is 15.9. The van der Waals surface area contributed by atoms with E-state index in [2.05, 4.69) is 42.7 Å². The van der Waals surface area contributed by atoms with Gasteiger partial charge in [-0.1, -0.05) is 0 Å². The third-order valence-corrected chi connectivity index (χ3v) is 3.88. The third-order valence-electron chi connectivity index (χ3n) is 3.88. The highest BCUT2D eigenvalue weighted by Gasteiger charge is 2.19. The molecule has 0 saturated carbocycles. The van der Waals surface area contributed by atoms with Crippen molar-refractivity contribution in [2.75, 3.05) is 49.3 Å². The molecule has 0 radical (unpaired) electrons. The first-order valence-corrected chi connectivity index (χ1v) is 7.65. The molecule has 0 aromatic carbocycles. The molecule has 0 bridgehead atoms. The van der Waals surface area contributed by atoms with Crippen LogP contribution in [0.4, 0.5) is 17.3 Å². The van der Waals surface area contributed by atoms with Crippen molar-refractivity contribution in [3.63, 3.8) is 0 Å². The maximum atomic E-state index is 12.0. The number of hydrogen-bond donors (Lipinski definition) is 3. The zero-order valence-corrected chi connectivity index (χ0v) is 13.4. The van der Waals surface area contributed by atoms with Crippen LogP contribution >= 0.6 is 0 Å². The number of hydrazine groups is 1. The number of pyridine rings is 1. The summed E-state index contributed by atoms with van der Waals surface area (Å²) < 4.78 is 0. The first-order valence-electron chi connectivity index (χ1n) is 7.65. The van der Waals surface area contributed by atoms with Gasteiger partial charge in [0.15, 0.2) is 11.6 Å². The zero-order valence-electron chi connectivity index (χ0n) is 13.4. The van der Waals surface area contributed by atoms with Gasteiger partial charge >= 0.3 is 0 Å². The molecule has 4 N–H and O–H groups in total. The second kappa shape index (κ2) is 7.09. The summed E-state index contributed by atoms with van der Waals surface area (Å²) in [4.78, 5) is 28.7. The summed E-state index contributed by atoms with van der Waals surface area (Å²) in [5.41, 5.74) is 12.3. The topological polar surface area (TPSA) is 112 Å². The van der Waals surface area contributed by atoms with E-state index in [4.69, 9.17) is 5.73 Å². The van der Waals surface area contributed by atoms with Crippen molar-refractivity contribution in [1.29, 1.82) is 0 Å². The summed E-state index contributed by atoms with van der Waals surface area (Å²) in [6.07, 6.45) is 4.52. The zero-order chi connectivity index (χ0) is 16.9. The van der Waals surface area contributed by atoms with Crippen molar-refractivity contribution >= 4 is 23.2 Å². The highest BCUT2D eigenvalue weighted by Crippen LogP contribution is 2.26. The van der Waals surface area contributed by atoms with Crippen molar-refractivity contribution in [3.8, 4) is 0 Å². The summed E-state index contributed by atoms with van der Waals surface area (Å²) in [5, 5.41) is 0. The summed E-state index contributed by atoms with van der Waals surface area (Å²) in [5.74, 6) is 0.731. The van der Waals surface area contributed by atoms with E-state index in [1.165, 1.54) is 12.5 Å². The molecule has 1 saturated heterocycles. The third kappa shape index (κ3) is 3.51. The number of piperazine rings is 1. The van der Waals surface area contributed by atoms with Crippen LogP contribution in [-0.4, -0.2) is 59.0 Å². The molecule has 3 heterocycles. The number of nitrogens with one attached hydrogen (secondary N) is 2. The van der Waals surface area contributed by atoms with Crippen LogP contribution in [0.1, 0.15) is 10.4 Å². The number of anilines is 3. The van der Waals surface area contributed by atoms with E-state index in [1.807, 2.05) is 0 Å². The van der Waals surface area contributed by atoms with E-state index in [0.29, 0.717) is 22.9 Å². The predicted molar refractivity (Wildman–Crippen MR) is 91.5 cm³/mol. The van der Waals surface area contributed by atoms with Crippen LogP contribution in [0.25, 0.3) is 0 Å². The molecule has 1 fully saturated rings. The van der Waals surface area contributed by atoms with Gasteiger partial charge in [0.25, 0.3) is 5.91 Å². The van der Waals surface area contributed by atoms with Crippen molar-refractivity contribution in [3.05, 3.63) is 36.4 Å². The van der Waals surface area contributed by atoms with Crippen LogP contribution in [0.15, 0.2) is 30.9 Å². The van der Waals surface area contributed by atoms with Gasteiger partial charge in [-0.3, -0.25) is 20.6 Å². The van der Waals surface area contributed by atoms with Crippen LogP contribution in [0, 0.1) is 0 Å². The fourth-order valence-corrected chi connectivity index (χ4v) is 2.44. The second-order valence-electron chi connectivity index (χ2n) is 5.57. The van der Waals surface area contributed by atoms with Gasteiger partial charge in [-0.25, -0.2) is 9.97 Å². The number of nitrogens with two attached hydrogens (primary N) is 1. The van der Waals surface area contributed by atoms with E-state index in [9.17, 15) is 4.79 Å². The minimum Gasteiger partial charge on any atom is -0.393 e. The van der Waals surface area contributed by atoms with E-state index < -0.39 is 0 Å². The number of nitrogens with zero attached hydrogens (tertiary/aromatic N) is 5. The van der Waals surface area contributed by atoms with Gasteiger partial charge in [0.1, 0.15) is 12.0 Å². The number of amides is 1. The van der Waals surface area contributed by atoms with Crippen molar-refractivity contribution in [1.82, 2.24) is 25.3 Å². The Balaban J connectivity index is 1.68. The molecular weight excluding hydrogens is 308 g/mol. The number of hydrogen-bond acceptors (Lipinski definition) is 8. The monoisotopic (exact) mass is 328 g/mol. The van der Waals surface area contributed by atoms with Gasteiger partial charge in [-0.05, 0) is 19.2 Å². The number of carbonyl (C=O) groups excluding carboxylic acids is 1. The van der Waals surface area contributed by atoms with Crippen molar-refractivity contribution in [2.45, 2.75) is 0 Å². The van der Waals surface area contributed by atoms with E-state index in [1.54, 1.807) is 18.3 Å². The van der Waals surface area contributed by atoms with E-state index >= 15 is 0 Å². The smallest absolute Gasteiger partial charge is 0.271 e. The van der Waals surface area contributed by atoms with E-state index in [-0.39, 0.29) is 5.91 Å². The molecular formula is C15H20N8O. The molecule has 9 heteroatoms. The maximum absolute atomic E-state index is 12.0. The first-order chi connectivity index (χ1) is 11.6. The molecule has 126 valence electrons. The van der Waals surface area contributed by atoms with Crippen LogP contribution in [0.2, 0.25) is 0 Å². The molecule has 9 nitrogen and oxygen atoms in total.